The summed E-state index contributed by atoms with van der Waals surface area (Å²) in [4.78, 5) is 37.3. The van der Waals surface area contributed by atoms with E-state index in [4.69, 9.17) is 11.6 Å². The fraction of sp³-hybridized carbons (Fsp3) is 0.0417. The van der Waals surface area contributed by atoms with Gasteiger partial charge in [0.25, 0.3) is 17.4 Å². The number of hydrogen-bond acceptors (Lipinski definition) is 5. The number of nitrogens with zero attached hydrogens (tertiary/aromatic N) is 3. The highest BCUT2D eigenvalue weighted by Gasteiger charge is 2.15. The van der Waals surface area contributed by atoms with Crippen molar-refractivity contribution in [2.24, 2.45) is 12.1 Å². The minimum absolute atomic E-state index is 0.0885. The van der Waals surface area contributed by atoms with Gasteiger partial charge in [-0.05, 0) is 35.9 Å². The lowest BCUT2D eigenvalue weighted by molar-refractivity contribution is 0.0949. The van der Waals surface area contributed by atoms with Gasteiger partial charge in [0.1, 0.15) is 0 Å². The Bertz CT molecular complexity index is 1460. The summed E-state index contributed by atoms with van der Waals surface area (Å²) >= 11 is 6.07. The number of anilines is 1. The molecule has 8 nitrogen and oxygen atoms in total. The number of fused-ring (bicyclic) bond motifs is 1. The minimum Gasteiger partial charge on any atom is -0.322 e. The molecule has 9 heteroatoms. The lowest BCUT2D eigenvalue weighted by atomic mass is 10.1. The Hall–Kier alpha value is -4.30. The zero-order valence-corrected chi connectivity index (χ0v) is 18.2. The van der Waals surface area contributed by atoms with Gasteiger partial charge < -0.3 is 5.32 Å². The Labute approximate surface area is 193 Å². The van der Waals surface area contributed by atoms with Gasteiger partial charge in [-0.3, -0.25) is 14.4 Å². The van der Waals surface area contributed by atoms with Crippen molar-refractivity contribution in [1.29, 1.82) is 0 Å². The number of amides is 2. The summed E-state index contributed by atoms with van der Waals surface area (Å²) in [6, 6.07) is 20.4. The molecule has 0 bridgehead atoms. The number of hydrazone groups is 1. The van der Waals surface area contributed by atoms with Gasteiger partial charge in [-0.2, -0.15) is 10.2 Å². The number of hydrogen-bond donors (Lipinski definition) is 2. The van der Waals surface area contributed by atoms with E-state index in [-0.39, 0.29) is 17.2 Å². The monoisotopic (exact) mass is 459 g/mol. The Morgan fingerprint density at radius 2 is 1.70 bits per heavy atom. The van der Waals surface area contributed by atoms with Crippen LogP contribution in [0.2, 0.25) is 5.02 Å². The van der Waals surface area contributed by atoms with Gasteiger partial charge in [0.2, 0.25) is 0 Å². The maximum Gasteiger partial charge on any atom is 0.292 e. The minimum atomic E-state index is -0.554. The highest BCUT2D eigenvalue weighted by Crippen LogP contribution is 2.18. The van der Waals surface area contributed by atoms with Gasteiger partial charge >= 0.3 is 0 Å². The molecule has 0 aliphatic carbocycles. The van der Waals surface area contributed by atoms with Crippen LogP contribution < -0.4 is 16.3 Å². The van der Waals surface area contributed by atoms with Crippen molar-refractivity contribution >= 4 is 46.1 Å². The van der Waals surface area contributed by atoms with E-state index in [0.717, 1.165) is 4.68 Å². The Balaban J connectivity index is 1.49. The summed E-state index contributed by atoms with van der Waals surface area (Å²) in [5.41, 5.74) is 3.78. The molecule has 1 aromatic heterocycles. The molecule has 0 saturated heterocycles. The van der Waals surface area contributed by atoms with Crippen LogP contribution in [0.25, 0.3) is 10.8 Å². The molecule has 33 heavy (non-hydrogen) atoms. The largest absolute Gasteiger partial charge is 0.322 e. The van der Waals surface area contributed by atoms with E-state index in [1.54, 1.807) is 72.8 Å². The van der Waals surface area contributed by atoms with Crippen LogP contribution in [-0.4, -0.2) is 27.8 Å². The van der Waals surface area contributed by atoms with E-state index < -0.39 is 5.91 Å². The van der Waals surface area contributed by atoms with Gasteiger partial charge in [0.15, 0.2) is 5.69 Å². The molecule has 164 valence electrons. The lowest BCUT2D eigenvalue weighted by Gasteiger charge is -2.07. The topological polar surface area (TPSA) is 105 Å². The standard InChI is InChI=1S/C24H18ClN5O3/c1-30-24(33)18-10-3-2-9-17(18)21(29-30)23(32)28-26-14-15-7-6-8-16(13-15)27-22(31)19-11-4-5-12-20(19)25/h2-14H,1H3,(H,27,31)(H,28,32)/b26-14+. The fourth-order valence-corrected chi connectivity index (χ4v) is 3.45. The van der Waals surface area contributed by atoms with Gasteiger partial charge in [-0.1, -0.05) is 54.1 Å². The molecule has 2 N–H and O–H groups in total. The maximum atomic E-state index is 12.6. The normalized spacial score (nSPS) is 11.0. The van der Waals surface area contributed by atoms with Gasteiger partial charge in [-0.15, -0.1) is 0 Å². The maximum absolute atomic E-state index is 12.6. The molecule has 0 unspecified atom stereocenters. The molecule has 0 saturated carbocycles. The van der Waals surface area contributed by atoms with E-state index in [9.17, 15) is 14.4 Å². The summed E-state index contributed by atoms with van der Waals surface area (Å²) in [5.74, 6) is -0.892. The number of benzene rings is 3. The second-order valence-electron chi connectivity index (χ2n) is 7.08. The van der Waals surface area contributed by atoms with Crippen LogP contribution in [0.5, 0.6) is 0 Å². The molecular formula is C24H18ClN5O3. The van der Waals surface area contributed by atoms with Crippen LogP contribution in [-0.2, 0) is 7.05 Å². The SMILES string of the molecule is Cn1nc(C(=O)N/N=C/c2cccc(NC(=O)c3ccccc3Cl)c2)c2ccccc2c1=O. The predicted molar refractivity (Wildman–Crippen MR) is 128 cm³/mol. The van der Waals surface area contributed by atoms with Crippen molar-refractivity contribution in [2.45, 2.75) is 0 Å². The first-order valence-electron chi connectivity index (χ1n) is 9.89. The molecule has 0 aliphatic rings. The van der Waals surface area contributed by atoms with Crippen LogP contribution >= 0.6 is 11.6 Å². The molecule has 2 amide bonds. The van der Waals surface area contributed by atoms with Gasteiger partial charge in [0, 0.05) is 18.1 Å². The fourth-order valence-electron chi connectivity index (χ4n) is 3.23. The van der Waals surface area contributed by atoms with Crippen LogP contribution in [0.1, 0.15) is 26.4 Å². The van der Waals surface area contributed by atoms with E-state index in [1.807, 2.05) is 0 Å². The van der Waals surface area contributed by atoms with Crippen LogP contribution in [0.4, 0.5) is 5.69 Å². The second kappa shape index (κ2) is 9.46. The summed E-state index contributed by atoms with van der Waals surface area (Å²) in [7, 11) is 1.48. The van der Waals surface area contributed by atoms with Crippen molar-refractivity contribution in [3.63, 3.8) is 0 Å². The summed E-state index contributed by atoms with van der Waals surface area (Å²) < 4.78 is 1.12. The van der Waals surface area contributed by atoms with Crippen molar-refractivity contribution in [1.82, 2.24) is 15.2 Å². The number of aryl methyl sites for hydroxylation is 1. The average molecular weight is 460 g/mol. The van der Waals surface area contributed by atoms with E-state index in [0.29, 0.717) is 32.6 Å². The van der Waals surface area contributed by atoms with Gasteiger partial charge in [-0.25, -0.2) is 10.1 Å². The van der Waals surface area contributed by atoms with Crippen molar-refractivity contribution in [2.75, 3.05) is 5.32 Å². The zero-order chi connectivity index (χ0) is 23.4. The molecule has 0 fully saturated rings. The van der Waals surface area contributed by atoms with Crippen molar-refractivity contribution in [3.05, 3.63) is 105 Å². The lowest BCUT2D eigenvalue weighted by Crippen LogP contribution is -2.27. The van der Waals surface area contributed by atoms with E-state index in [2.05, 4.69) is 20.9 Å². The quantitative estimate of drug-likeness (QED) is 0.351. The predicted octanol–water partition coefficient (Wildman–Crippen LogP) is 3.60. The Morgan fingerprint density at radius 3 is 2.48 bits per heavy atom. The molecule has 0 atom stereocenters. The molecule has 4 aromatic rings. The third kappa shape index (κ3) is 4.81. The van der Waals surface area contributed by atoms with E-state index >= 15 is 0 Å². The molecule has 1 heterocycles. The molecule has 3 aromatic carbocycles. The number of carbonyl (C=O) groups excluding carboxylic acids is 2. The highest BCUT2D eigenvalue weighted by atomic mass is 35.5. The van der Waals surface area contributed by atoms with E-state index in [1.165, 1.54) is 13.3 Å². The number of nitrogens with one attached hydrogen (secondary N) is 2. The van der Waals surface area contributed by atoms with Crippen LogP contribution in [0, 0.1) is 0 Å². The smallest absolute Gasteiger partial charge is 0.292 e. The first-order valence-corrected chi connectivity index (χ1v) is 10.3. The molecule has 0 spiro atoms. The Morgan fingerprint density at radius 1 is 0.970 bits per heavy atom. The second-order valence-corrected chi connectivity index (χ2v) is 7.49. The molecule has 0 aliphatic heterocycles. The summed E-state index contributed by atoms with van der Waals surface area (Å²) in [6.45, 7) is 0. The van der Waals surface area contributed by atoms with Crippen LogP contribution in [0.3, 0.4) is 0 Å². The first-order chi connectivity index (χ1) is 15.9. The Kier molecular flexibility index (Phi) is 6.28. The number of rotatable bonds is 5. The highest BCUT2D eigenvalue weighted by molar-refractivity contribution is 6.34. The van der Waals surface area contributed by atoms with Crippen molar-refractivity contribution < 1.29 is 9.59 Å². The molecule has 0 radical (unpaired) electrons. The molecule has 4 rings (SSSR count). The molecular weight excluding hydrogens is 442 g/mol. The number of carbonyl (C=O) groups is 2. The van der Waals surface area contributed by atoms with Gasteiger partial charge in [0.05, 0.1) is 22.2 Å². The summed E-state index contributed by atoms with van der Waals surface area (Å²) in [6.07, 6.45) is 1.44. The third-order valence-corrected chi connectivity index (χ3v) is 5.14. The third-order valence-electron chi connectivity index (χ3n) is 4.81. The average Bonchev–Trinajstić information content (AvgIpc) is 2.82. The first kappa shape index (κ1) is 21.9. The number of halogens is 1. The zero-order valence-electron chi connectivity index (χ0n) is 17.4. The van der Waals surface area contributed by atoms with Crippen molar-refractivity contribution in [3.8, 4) is 0 Å². The number of aromatic nitrogens is 2. The van der Waals surface area contributed by atoms with Crippen LogP contribution in [0.15, 0.2) is 82.7 Å². The summed E-state index contributed by atoms with van der Waals surface area (Å²) in [5, 5.41) is 12.0.